The predicted molar refractivity (Wildman–Crippen MR) is 69.1 cm³/mol. The highest BCUT2D eigenvalue weighted by molar-refractivity contribution is 5.81. The second-order valence-corrected chi connectivity index (χ2v) is 6.10. The van der Waals surface area contributed by atoms with Gasteiger partial charge in [0.1, 0.15) is 0 Å². The number of amides is 1. The largest absolute Gasteiger partial charge is 0.354 e. The van der Waals surface area contributed by atoms with Crippen LogP contribution in [0.5, 0.6) is 0 Å². The molecule has 0 unspecified atom stereocenters. The Kier molecular flexibility index (Phi) is 6.01. The Balaban J connectivity index is 4.07. The second kappa shape index (κ2) is 6.24. The summed E-state index contributed by atoms with van der Waals surface area (Å²) in [6.45, 7) is 13.5. The van der Waals surface area contributed by atoms with Crippen LogP contribution < -0.4 is 11.1 Å². The molecule has 0 fully saturated rings. The summed E-state index contributed by atoms with van der Waals surface area (Å²) in [5, 5.41) is 2.95. The maximum absolute atomic E-state index is 11.7. The summed E-state index contributed by atoms with van der Waals surface area (Å²) in [5.74, 6) is 0.968. The molecule has 96 valence electrons. The van der Waals surface area contributed by atoms with E-state index in [1.54, 1.807) is 0 Å². The lowest BCUT2D eigenvalue weighted by Gasteiger charge is -2.30. The molecule has 3 N–H and O–H groups in total. The Morgan fingerprint density at radius 3 is 2.12 bits per heavy atom. The molecule has 0 saturated heterocycles. The van der Waals surface area contributed by atoms with E-state index in [1.807, 2.05) is 0 Å². The molecule has 0 saturated carbocycles. The molecule has 16 heavy (non-hydrogen) atoms. The van der Waals surface area contributed by atoms with E-state index in [0.29, 0.717) is 18.4 Å². The maximum atomic E-state index is 11.7. The average molecular weight is 228 g/mol. The van der Waals surface area contributed by atoms with E-state index in [1.165, 1.54) is 0 Å². The van der Waals surface area contributed by atoms with Gasteiger partial charge in [0.2, 0.25) is 5.91 Å². The molecule has 0 radical (unpaired) electrons. The summed E-state index contributed by atoms with van der Waals surface area (Å²) < 4.78 is 0. The van der Waals surface area contributed by atoms with Crippen molar-refractivity contribution in [2.45, 2.75) is 54.0 Å². The quantitative estimate of drug-likeness (QED) is 0.732. The van der Waals surface area contributed by atoms with E-state index in [0.717, 1.165) is 6.42 Å². The second-order valence-electron chi connectivity index (χ2n) is 6.10. The van der Waals surface area contributed by atoms with Crippen molar-refractivity contribution in [1.29, 1.82) is 0 Å². The van der Waals surface area contributed by atoms with Gasteiger partial charge in [0.15, 0.2) is 0 Å². The number of carbonyl (C=O) groups excluding carboxylic acids is 1. The van der Waals surface area contributed by atoms with Crippen molar-refractivity contribution in [2.24, 2.45) is 23.0 Å². The number of nitrogens with two attached hydrogens (primary N) is 1. The first-order valence-electron chi connectivity index (χ1n) is 6.20. The van der Waals surface area contributed by atoms with Crippen LogP contribution >= 0.6 is 0 Å². The van der Waals surface area contributed by atoms with Gasteiger partial charge in [-0.1, -0.05) is 41.5 Å². The van der Waals surface area contributed by atoms with Crippen molar-refractivity contribution in [3.05, 3.63) is 0 Å². The third kappa shape index (κ3) is 5.50. The Hall–Kier alpha value is -0.570. The van der Waals surface area contributed by atoms with Gasteiger partial charge < -0.3 is 11.1 Å². The van der Waals surface area contributed by atoms with Gasteiger partial charge in [-0.25, -0.2) is 0 Å². The van der Waals surface area contributed by atoms with E-state index in [9.17, 15) is 4.79 Å². The summed E-state index contributed by atoms with van der Waals surface area (Å²) in [5.41, 5.74) is 5.93. The van der Waals surface area contributed by atoms with Crippen molar-refractivity contribution in [3.63, 3.8) is 0 Å². The molecule has 0 rings (SSSR count). The first-order chi connectivity index (χ1) is 7.16. The molecule has 0 aliphatic rings. The molecule has 0 spiro atoms. The molecule has 0 aromatic heterocycles. The standard InChI is InChI=1S/C13H28N2O/c1-9(2)7-11(14)12(16)15-8-13(5,6)10(3)4/h9-11H,7-8,14H2,1-6H3,(H,15,16)/t11-/m0/s1. The first-order valence-corrected chi connectivity index (χ1v) is 6.20. The van der Waals surface area contributed by atoms with Crippen LogP contribution in [0.15, 0.2) is 0 Å². The number of rotatable bonds is 6. The van der Waals surface area contributed by atoms with Gasteiger partial charge in [-0.15, -0.1) is 0 Å². The van der Waals surface area contributed by atoms with E-state index >= 15 is 0 Å². The molecule has 1 amide bonds. The Morgan fingerprint density at radius 1 is 1.25 bits per heavy atom. The van der Waals surface area contributed by atoms with Crippen LogP contribution in [-0.4, -0.2) is 18.5 Å². The lowest BCUT2D eigenvalue weighted by atomic mass is 9.81. The normalized spacial score (nSPS) is 14.3. The summed E-state index contributed by atoms with van der Waals surface area (Å²) in [6, 6.07) is -0.372. The topological polar surface area (TPSA) is 55.1 Å². The van der Waals surface area contributed by atoms with Gasteiger partial charge >= 0.3 is 0 Å². The molecular formula is C13H28N2O. The van der Waals surface area contributed by atoms with Crippen LogP contribution in [0.3, 0.4) is 0 Å². The zero-order valence-corrected chi connectivity index (χ0v) is 11.6. The Morgan fingerprint density at radius 2 is 1.75 bits per heavy atom. The molecule has 0 bridgehead atoms. The fourth-order valence-electron chi connectivity index (χ4n) is 1.27. The third-order valence-corrected chi connectivity index (χ3v) is 3.34. The fraction of sp³-hybridized carbons (Fsp3) is 0.923. The van der Waals surface area contributed by atoms with Crippen LogP contribution in [0.2, 0.25) is 0 Å². The molecule has 3 nitrogen and oxygen atoms in total. The van der Waals surface area contributed by atoms with Gasteiger partial charge in [-0.05, 0) is 23.7 Å². The lowest BCUT2D eigenvalue weighted by molar-refractivity contribution is -0.123. The summed E-state index contributed by atoms with van der Waals surface area (Å²) in [4.78, 5) is 11.7. The minimum Gasteiger partial charge on any atom is -0.354 e. The maximum Gasteiger partial charge on any atom is 0.236 e. The fourth-order valence-corrected chi connectivity index (χ4v) is 1.27. The molecule has 0 aliphatic carbocycles. The summed E-state index contributed by atoms with van der Waals surface area (Å²) in [7, 11) is 0. The molecule has 0 aromatic carbocycles. The average Bonchev–Trinajstić information content (AvgIpc) is 2.12. The zero-order chi connectivity index (χ0) is 12.9. The Bertz CT molecular complexity index is 222. The van der Waals surface area contributed by atoms with E-state index in [2.05, 4.69) is 46.9 Å². The van der Waals surface area contributed by atoms with Crippen molar-refractivity contribution in [2.75, 3.05) is 6.54 Å². The Labute approximate surface area is 100 Å². The molecule has 1 atom stereocenters. The monoisotopic (exact) mass is 228 g/mol. The van der Waals surface area contributed by atoms with Crippen LogP contribution in [0.1, 0.15) is 48.0 Å². The minimum absolute atomic E-state index is 0.0255. The molecule has 0 heterocycles. The molecule has 3 heteroatoms. The predicted octanol–water partition coefficient (Wildman–Crippen LogP) is 2.16. The van der Waals surface area contributed by atoms with Crippen LogP contribution in [0.25, 0.3) is 0 Å². The van der Waals surface area contributed by atoms with Gasteiger partial charge in [-0.2, -0.15) is 0 Å². The zero-order valence-electron chi connectivity index (χ0n) is 11.6. The SMILES string of the molecule is CC(C)C[C@H](N)C(=O)NCC(C)(C)C(C)C. The van der Waals surface area contributed by atoms with E-state index < -0.39 is 0 Å². The molecule has 0 aromatic rings. The highest BCUT2D eigenvalue weighted by Crippen LogP contribution is 2.24. The van der Waals surface area contributed by atoms with Crippen LogP contribution in [0.4, 0.5) is 0 Å². The van der Waals surface area contributed by atoms with E-state index in [4.69, 9.17) is 5.73 Å². The first kappa shape index (κ1) is 15.4. The van der Waals surface area contributed by atoms with Crippen molar-refractivity contribution in [1.82, 2.24) is 5.32 Å². The number of nitrogens with one attached hydrogen (secondary N) is 1. The third-order valence-electron chi connectivity index (χ3n) is 3.34. The minimum atomic E-state index is -0.372. The highest BCUT2D eigenvalue weighted by Gasteiger charge is 2.24. The van der Waals surface area contributed by atoms with Crippen molar-refractivity contribution >= 4 is 5.91 Å². The van der Waals surface area contributed by atoms with Crippen LogP contribution in [0, 0.1) is 17.3 Å². The summed E-state index contributed by atoms with van der Waals surface area (Å²) >= 11 is 0. The summed E-state index contributed by atoms with van der Waals surface area (Å²) in [6.07, 6.45) is 0.744. The smallest absolute Gasteiger partial charge is 0.236 e. The number of hydrogen-bond donors (Lipinski definition) is 2. The van der Waals surface area contributed by atoms with Gasteiger partial charge in [0.25, 0.3) is 0 Å². The van der Waals surface area contributed by atoms with Crippen molar-refractivity contribution < 1.29 is 4.79 Å². The number of carbonyl (C=O) groups is 1. The van der Waals surface area contributed by atoms with Crippen molar-refractivity contribution in [3.8, 4) is 0 Å². The lowest BCUT2D eigenvalue weighted by Crippen LogP contribution is -2.45. The highest BCUT2D eigenvalue weighted by atomic mass is 16.2. The van der Waals surface area contributed by atoms with Crippen LogP contribution in [-0.2, 0) is 4.79 Å². The van der Waals surface area contributed by atoms with Gasteiger partial charge in [-0.3, -0.25) is 4.79 Å². The molecular weight excluding hydrogens is 200 g/mol. The van der Waals surface area contributed by atoms with Gasteiger partial charge in [0.05, 0.1) is 6.04 Å². The number of hydrogen-bond acceptors (Lipinski definition) is 2. The van der Waals surface area contributed by atoms with Gasteiger partial charge in [0, 0.05) is 6.54 Å². The van der Waals surface area contributed by atoms with E-state index in [-0.39, 0.29) is 17.4 Å². The molecule has 0 aliphatic heterocycles.